The smallest absolute Gasteiger partial charge is 0.191 e. The molecule has 6 heteroatoms. The summed E-state index contributed by atoms with van der Waals surface area (Å²) in [7, 11) is 0. The molecular formula is C16H28IN3O2. The molecule has 1 aromatic carbocycles. The van der Waals surface area contributed by atoms with E-state index < -0.39 is 0 Å². The van der Waals surface area contributed by atoms with Gasteiger partial charge in [-0.3, -0.25) is 4.99 Å². The van der Waals surface area contributed by atoms with Crippen molar-refractivity contribution >= 4 is 29.9 Å². The topological polar surface area (TPSA) is 65.9 Å². The molecule has 0 saturated carbocycles. The number of guanidine groups is 1. The van der Waals surface area contributed by atoms with Crippen LogP contribution in [0, 0.1) is 0 Å². The van der Waals surface area contributed by atoms with Crippen molar-refractivity contribution in [3.8, 4) is 5.75 Å². The lowest BCUT2D eigenvalue weighted by atomic mass is 10.1. The highest BCUT2D eigenvalue weighted by atomic mass is 127. The number of nitrogens with zero attached hydrogens (tertiary/aromatic N) is 1. The fourth-order valence-electron chi connectivity index (χ4n) is 1.88. The molecule has 0 radical (unpaired) electrons. The Morgan fingerprint density at radius 3 is 2.77 bits per heavy atom. The van der Waals surface area contributed by atoms with Crippen LogP contribution < -0.4 is 10.6 Å². The van der Waals surface area contributed by atoms with Crippen molar-refractivity contribution in [2.75, 3.05) is 32.8 Å². The van der Waals surface area contributed by atoms with Gasteiger partial charge in [0.1, 0.15) is 5.75 Å². The summed E-state index contributed by atoms with van der Waals surface area (Å²) in [5.74, 6) is 1.14. The molecule has 0 unspecified atom stereocenters. The van der Waals surface area contributed by atoms with Crippen LogP contribution in [0.2, 0.25) is 0 Å². The lowest BCUT2D eigenvalue weighted by Gasteiger charge is -2.11. The van der Waals surface area contributed by atoms with Gasteiger partial charge in [0.2, 0.25) is 0 Å². The van der Waals surface area contributed by atoms with Gasteiger partial charge in [0.25, 0.3) is 0 Å². The van der Waals surface area contributed by atoms with E-state index >= 15 is 0 Å². The zero-order valence-electron chi connectivity index (χ0n) is 13.5. The van der Waals surface area contributed by atoms with Crippen LogP contribution in [0.25, 0.3) is 0 Å². The molecule has 0 heterocycles. The SMILES string of the molecule is CCNC(=NCCCOCC)NCCc1cccc(O)c1.I. The summed E-state index contributed by atoms with van der Waals surface area (Å²) < 4.78 is 5.29. The van der Waals surface area contributed by atoms with Crippen LogP contribution >= 0.6 is 24.0 Å². The Hall–Kier alpha value is -1.02. The molecule has 3 N–H and O–H groups in total. The van der Waals surface area contributed by atoms with E-state index in [-0.39, 0.29) is 24.0 Å². The first-order valence-electron chi connectivity index (χ1n) is 7.64. The molecule has 0 aliphatic carbocycles. The first-order chi connectivity index (χ1) is 10.3. The highest BCUT2D eigenvalue weighted by Gasteiger charge is 1.98. The Morgan fingerprint density at radius 2 is 2.09 bits per heavy atom. The summed E-state index contributed by atoms with van der Waals surface area (Å²) >= 11 is 0. The molecular weight excluding hydrogens is 393 g/mol. The summed E-state index contributed by atoms with van der Waals surface area (Å²) in [6.07, 6.45) is 1.77. The van der Waals surface area contributed by atoms with Gasteiger partial charge in [0.15, 0.2) is 5.96 Å². The fourth-order valence-corrected chi connectivity index (χ4v) is 1.88. The van der Waals surface area contributed by atoms with Crippen LogP contribution in [0.15, 0.2) is 29.3 Å². The molecule has 0 fully saturated rings. The average Bonchev–Trinajstić information content (AvgIpc) is 2.47. The number of hydrogen-bond acceptors (Lipinski definition) is 3. The van der Waals surface area contributed by atoms with Gasteiger partial charge < -0.3 is 20.5 Å². The molecule has 0 aromatic heterocycles. The molecule has 0 saturated heterocycles. The van der Waals surface area contributed by atoms with Crippen molar-refractivity contribution < 1.29 is 9.84 Å². The number of halogens is 1. The van der Waals surface area contributed by atoms with Crippen LogP contribution in [-0.2, 0) is 11.2 Å². The molecule has 0 bridgehead atoms. The highest BCUT2D eigenvalue weighted by molar-refractivity contribution is 14.0. The Labute approximate surface area is 150 Å². The van der Waals surface area contributed by atoms with Crippen LogP contribution in [0.5, 0.6) is 5.75 Å². The number of aliphatic imine (C=N–C) groups is 1. The number of hydrogen-bond donors (Lipinski definition) is 3. The van der Waals surface area contributed by atoms with E-state index in [2.05, 4.69) is 15.6 Å². The Kier molecular flexibility index (Phi) is 13.0. The number of phenols is 1. The second-order valence-corrected chi connectivity index (χ2v) is 4.66. The lowest BCUT2D eigenvalue weighted by molar-refractivity contribution is 0.146. The maximum Gasteiger partial charge on any atom is 0.191 e. The van der Waals surface area contributed by atoms with E-state index in [9.17, 15) is 5.11 Å². The summed E-state index contributed by atoms with van der Waals surface area (Å²) in [4.78, 5) is 4.50. The van der Waals surface area contributed by atoms with Crippen LogP contribution in [0.4, 0.5) is 0 Å². The lowest BCUT2D eigenvalue weighted by Crippen LogP contribution is -2.38. The van der Waals surface area contributed by atoms with Gasteiger partial charge in [-0.1, -0.05) is 12.1 Å². The minimum absolute atomic E-state index is 0. The molecule has 0 atom stereocenters. The first-order valence-corrected chi connectivity index (χ1v) is 7.64. The maximum atomic E-state index is 9.42. The molecule has 0 aliphatic heterocycles. The molecule has 1 aromatic rings. The highest BCUT2D eigenvalue weighted by Crippen LogP contribution is 2.10. The van der Waals surface area contributed by atoms with E-state index in [1.165, 1.54) is 0 Å². The Morgan fingerprint density at radius 1 is 1.27 bits per heavy atom. The van der Waals surface area contributed by atoms with E-state index in [1.54, 1.807) is 12.1 Å². The number of rotatable bonds is 9. The van der Waals surface area contributed by atoms with E-state index in [4.69, 9.17) is 4.74 Å². The number of aromatic hydroxyl groups is 1. The molecule has 22 heavy (non-hydrogen) atoms. The summed E-state index contributed by atoms with van der Waals surface area (Å²) in [6.45, 7) is 7.92. The largest absolute Gasteiger partial charge is 0.508 e. The maximum absolute atomic E-state index is 9.42. The van der Waals surface area contributed by atoms with Crippen molar-refractivity contribution in [3.05, 3.63) is 29.8 Å². The van der Waals surface area contributed by atoms with Crippen molar-refractivity contribution in [3.63, 3.8) is 0 Å². The standard InChI is InChI=1S/C16H27N3O2.HI/c1-3-17-16(18-10-6-12-21-4-2)19-11-9-14-7-5-8-15(20)13-14;/h5,7-8,13,20H,3-4,6,9-12H2,1-2H3,(H2,17,18,19);1H. The predicted molar refractivity (Wildman–Crippen MR) is 102 cm³/mol. The van der Waals surface area contributed by atoms with Gasteiger partial charge in [-0.05, 0) is 44.4 Å². The molecule has 126 valence electrons. The summed E-state index contributed by atoms with van der Waals surface area (Å²) in [5.41, 5.74) is 1.11. The number of phenolic OH excluding ortho intramolecular Hbond substituents is 1. The third-order valence-corrected chi connectivity index (χ3v) is 2.88. The fraction of sp³-hybridized carbons (Fsp3) is 0.562. The van der Waals surface area contributed by atoms with Crippen molar-refractivity contribution in [1.82, 2.24) is 10.6 Å². The third kappa shape index (κ3) is 9.83. The Balaban J connectivity index is 0.00000441. The van der Waals surface area contributed by atoms with Crippen LogP contribution in [0.1, 0.15) is 25.8 Å². The zero-order valence-corrected chi connectivity index (χ0v) is 15.8. The molecule has 1 rings (SSSR count). The second-order valence-electron chi connectivity index (χ2n) is 4.66. The average molecular weight is 421 g/mol. The van der Waals surface area contributed by atoms with Gasteiger partial charge in [0, 0.05) is 32.8 Å². The zero-order chi connectivity index (χ0) is 15.3. The molecule has 5 nitrogen and oxygen atoms in total. The van der Waals surface area contributed by atoms with E-state index in [0.29, 0.717) is 5.75 Å². The van der Waals surface area contributed by atoms with Crippen LogP contribution in [0.3, 0.4) is 0 Å². The number of ether oxygens (including phenoxy) is 1. The summed E-state index contributed by atoms with van der Waals surface area (Å²) in [6, 6.07) is 7.33. The molecule has 0 spiro atoms. The van der Waals surface area contributed by atoms with E-state index in [1.807, 2.05) is 26.0 Å². The number of benzene rings is 1. The van der Waals surface area contributed by atoms with Crippen molar-refractivity contribution in [2.24, 2.45) is 4.99 Å². The van der Waals surface area contributed by atoms with Crippen molar-refractivity contribution in [2.45, 2.75) is 26.7 Å². The van der Waals surface area contributed by atoms with Gasteiger partial charge in [0.05, 0.1) is 0 Å². The van der Waals surface area contributed by atoms with Gasteiger partial charge in [-0.2, -0.15) is 0 Å². The first kappa shape index (κ1) is 21.0. The van der Waals surface area contributed by atoms with E-state index in [0.717, 1.165) is 57.2 Å². The quantitative estimate of drug-likeness (QED) is 0.248. The summed E-state index contributed by atoms with van der Waals surface area (Å²) in [5, 5.41) is 15.9. The van der Waals surface area contributed by atoms with Gasteiger partial charge in [-0.15, -0.1) is 24.0 Å². The molecule has 0 amide bonds. The Bertz CT molecular complexity index is 428. The predicted octanol–water partition coefficient (Wildman–Crippen LogP) is 2.53. The minimum Gasteiger partial charge on any atom is -0.508 e. The normalized spacial score (nSPS) is 10.9. The van der Waals surface area contributed by atoms with Crippen molar-refractivity contribution in [1.29, 1.82) is 0 Å². The second kappa shape index (κ2) is 13.6. The van der Waals surface area contributed by atoms with Gasteiger partial charge in [-0.25, -0.2) is 0 Å². The minimum atomic E-state index is 0. The monoisotopic (exact) mass is 421 g/mol. The van der Waals surface area contributed by atoms with Crippen LogP contribution in [-0.4, -0.2) is 43.9 Å². The van der Waals surface area contributed by atoms with Gasteiger partial charge >= 0.3 is 0 Å². The molecule has 0 aliphatic rings. The number of nitrogens with one attached hydrogen (secondary N) is 2. The third-order valence-electron chi connectivity index (χ3n) is 2.88.